The van der Waals surface area contributed by atoms with E-state index in [4.69, 9.17) is 16.5 Å². The summed E-state index contributed by atoms with van der Waals surface area (Å²) in [5.74, 6) is 0.265. The van der Waals surface area contributed by atoms with Gasteiger partial charge in [0.1, 0.15) is 5.75 Å². The van der Waals surface area contributed by atoms with Gasteiger partial charge >= 0.3 is 0 Å². The van der Waals surface area contributed by atoms with E-state index in [9.17, 15) is 5.11 Å². The Bertz CT molecular complexity index is 1870. The molecule has 1 N–H and O–H groups in total. The molecule has 6 heteroatoms. The Morgan fingerprint density at radius 3 is 2.18 bits per heavy atom. The van der Waals surface area contributed by atoms with Crippen LogP contribution in [0.25, 0.3) is 26.8 Å². The lowest BCUT2D eigenvalue weighted by Crippen LogP contribution is -2.28. The van der Waals surface area contributed by atoms with E-state index in [1.165, 1.54) is 0 Å². The summed E-state index contributed by atoms with van der Waals surface area (Å²) in [6.07, 6.45) is 2.60. The molecular weight excluding hydrogens is 482 g/mol. The first-order valence-corrected chi connectivity index (χ1v) is 12.9. The number of para-hydroxylation sites is 3. The van der Waals surface area contributed by atoms with Crippen molar-refractivity contribution in [3.05, 3.63) is 143 Å². The molecule has 6 aromatic rings. The van der Waals surface area contributed by atoms with Crippen LogP contribution in [0.3, 0.4) is 0 Å². The molecule has 0 radical (unpaired) electrons. The third kappa shape index (κ3) is 5.03. The van der Waals surface area contributed by atoms with E-state index in [0.29, 0.717) is 25.3 Å². The molecule has 2 heterocycles. The lowest BCUT2D eigenvalue weighted by molar-refractivity contribution is 0.475. The third-order valence-corrected chi connectivity index (χ3v) is 6.99. The Morgan fingerprint density at radius 1 is 0.744 bits per heavy atom. The average Bonchev–Trinajstić information content (AvgIpc) is 3.26. The molecule has 6 rings (SSSR count). The van der Waals surface area contributed by atoms with E-state index in [-0.39, 0.29) is 5.75 Å². The van der Waals surface area contributed by atoms with Gasteiger partial charge in [0.15, 0.2) is 5.69 Å². The summed E-state index contributed by atoms with van der Waals surface area (Å²) in [4.78, 5) is 13.4. The van der Waals surface area contributed by atoms with Gasteiger partial charge in [0.25, 0.3) is 0 Å². The van der Waals surface area contributed by atoms with E-state index in [2.05, 4.69) is 62.5 Å². The van der Waals surface area contributed by atoms with Crippen LogP contribution < -0.4 is 5.62 Å². The van der Waals surface area contributed by atoms with Crippen LogP contribution in [-0.2, 0) is 19.5 Å². The number of phenolic OH excluding ortho intramolecular Hbond substituents is 1. The molecule has 0 atom stereocenters. The molecule has 190 valence electrons. The van der Waals surface area contributed by atoms with Gasteiger partial charge in [0.2, 0.25) is 5.62 Å². The minimum atomic E-state index is 0.265. The normalized spacial score (nSPS) is 11.7. The summed E-state index contributed by atoms with van der Waals surface area (Å²) in [5.41, 5.74) is 8.09. The SMILES string of the molecule is [C-]#[N+]c1ccc(Cn2c(=NCCc3ccc(O)cc3)n(Cc3cccc4cccnc34)c3ccccc32)cc1. The summed E-state index contributed by atoms with van der Waals surface area (Å²) in [7, 11) is 0. The monoisotopic (exact) mass is 509 g/mol. The summed E-state index contributed by atoms with van der Waals surface area (Å²) in [6.45, 7) is 9.16. The van der Waals surface area contributed by atoms with E-state index in [0.717, 1.165) is 50.7 Å². The topological polar surface area (TPSA) is 59.7 Å². The Kier molecular flexibility index (Phi) is 6.63. The van der Waals surface area contributed by atoms with E-state index >= 15 is 0 Å². The number of hydrogen-bond acceptors (Lipinski definition) is 3. The highest BCUT2D eigenvalue weighted by Gasteiger charge is 2.14. The number of rotatable bonds is 7. The summed E-state index contributed by atoms with van der Waals surface area (Å²) >= 11 is 0. The van der Waals surface area contributed by atoms with Crippen molar-refractivity contribution in [1.82, 2.24) is 14.1 Å². The van der Waals surface area contributed by atoms with Crippen LogP contribution in [0.5, 0.6) is 5.75 Å². The number of phenols is 1. The fourth-order valence-corrected chi connectivity index (χ4v) is 5.04. The molecule has 0 bridgehead atoms. The summed E-state index contributed by atoms with van der Waals surface area (Å²) in [5, 5.41) is 10.8. The van der Waals surface area contributed by atoms with Crippen LogP contribution in [0.15, 0.2) is 114 Å². The van der Waals surface area contributed by atoms with Crippen LogP contribution in [0, 0.1) is 6.57 Å². The lowest BCUT2D eigenvalue weighted by Gasteiger charge is -2.10. The second-order valence-corrected chi connectivity index (χ2v) is 9.53. The van der Waals surface area contributed by atoms with E-state index < -0.39 is 0 Å². The van der Waals surface area contributed by atoms with Gasteiger partial charge < -0.3 is 14.2 Å². The first-order valence-electron chi connectivity index (χ1n) is 12.9. The Labute approximate surface area is 226 Å². The van der Waals surface area contributed by atoms with Crippen molar-refractivity contribution in [2.45, 2.75) is 19.5 Å². The highest BCUT2D eigenvalue weighted by molar-refractivity contribution is 5.82. The largest absolute Gasteiger partial charge is 0.508 e. The zero-order chi connectivity index (χ0) is 26.6. The lowest BCUT2D eigenvalue weighted by atomic mass is 10.1. The molecule has 0 aliphatic rings. The van der Waals surface area contributed by atoms with E-state index in [1.54, 1.807) is 12.1 Å². The van der Waals surface area contributed by atoms with Gasteiger partial charge in [-0.15, -0.1) is 0 Å². The molecule has 2 aromatic heterocycles. The molecule has 0 saturated heterocycles. The maximum Gasteiger partial charge on any atom is 0.206 e. The highest BCUT2D eigenvalue weighted by atomic mass is 16.3. The quantitative estimate of drug-likeness (QED) is 0.250. The number of benzene rings is 4. The van der Waals surface area contributed by atoms with Crippen molar-refractivity contribution in [3.8, 4) is 5.75 Å². The van der Waals surface area contributed by atoms with Crippen molar-refractivity contribution < 1.29 is 5.11 Å². The molecular formula is C33H27N5O. The number of pyridine rings is 1. The zero-order valence-electron chi connectivity index (χ0n) is 21.4. The van der Waals surface area contributed by atoms with Crippen LogP contribution in [-0.4, -0.2) is 25.8 Å². The predicted octanol–water partition coefficient (Wildman–Crippen LogP) is 6.49. The molecule has 4 aromatic carbocycles. The summed E-state index contributed by atoms with van der Waals surface area (Å²) in [6, 6.07) is 33.9. The highest BCUT2D eigenvalue weighted by Crippen LogP contribution is 2.21. The molecule has 0 spiro atoms. The molecule has 39 heavy (non-hydrogen) atoms. The Hall–Kier alpha value is -5.15. The van der Waals surface area contributed by atoms with Crippen LogP contribution in [0.1, 0.15) is 16.7 Å². The minimum absolute atomic E-state index is 0.265. The van der Waals surface area contributed by atoms with E-state index in [1.807, 2.05) is 48.7 Å². The third-order valence-electron chi connectivity index (χ3n) is 6.99. The number of hydrogen-bond donors (Lipinski definition) is 1. The fraction of sp³-hybridized carbons (Fsp3) is 0.121. The Balaban J connectivity index is 1.48. The van der Waals surface area contributed by atoms with Crippen molar-refractivity contribution in [2.24, 2.45) is 4.99 Å². The summed E-state index contributed by atoms with van der Waals surface area (Å²) < 4.78 is 4.54. The van der Waals surface area contributed by atoms with Crippen molar-refractivity contribution in [3.63, 3.8) is 0 Å². The smallest absolute Gasteiger partial charge is 0.206 e. The predicted molar refractivity (Wildman–Crippen MR) is 155 cm³/mol. The maximum absolute atomic E-state index is 9.65. The zero-order valence-corrected chi connectivity index (χ0v) is 21.4. The van der Waals surface area contributed by atoms with Crippen LogP contribution in [0.2, 0.25) is 0 Å². The van der Waals surface area contributed by atoms with Gasteiger partial charge in [-0.05, 0) is 53.4 Å². The number of nitrogens with zero attached hydrogens (tertiary/aromatic N) is 5. The molecule has 0 fully saturated rings. The first kappa shape index (κ1) is 24.2. The number of aromatic hydroxyl groups is 1. The van der Waals surface area contributed by atoms with Crippen molar-refractivity contribution in [1.29, 1.82) is 0 Å². The van der Waals surface area contributed by atoms with Crippen molar-refractivity contribution >= 4 is 27.6 Å². The van der Waals surface area contributed by atoms with Gasteiger partial charge in [-0.25, -0.2) is 4.85 Å². The van der Waals surface area contributed by atoms with Gasteiger partial charge in [-0.2, -0.15) is 0 Å². The van der Waals surface area contributed by atoms with Gasteiger partial charge in [-0.3, -0.25) is 9.98 Å². The molecule has 0 saturated carbocycles. The molecule has 0 unspecified atom stereocenters. The van der Waals surface area contributed by atoms with Gasteiger partial charge in [0.05, 0.1) is 36.2 Å². The van der Waals surface area contributed by atoms with Crippen molar-refractivity contribution in [2.75, 3.05) is 6.54 Å². The standard InChI is InChI=1S/C33H27N5O/c1-34-28-15-11-25(12-16-28)22-37-30-9-2-3-10-31(30)38(23-27-7-4-6-26-8-5-20-35-32(26)27)33(37)36-21-19-24-13-17-29(39)18-14-24/h2-18,20,39H,19,21-23H2. The Morgan fingerprint density at radius 2 is 1.44 bits per heavy atom. The molecule has 0 aliphatic heterocycles. The average molecular weight is 510 g/mol. The number of fused-ring (bicyclic) bond motifs is 2. The van der Waals surface area contributed by atoms with Crippen LogP contribution in [0.4, 0.5) is 5.69 Å². The first-order chi connectivity index (χ1) is 19.2. The molecule has 0 aliphatic carbocycles. The van der Waals surface area contributed by atoms with Gasteiger partial charge in [-0.1, -0.05) is 72.8 Å². The van der Waals surface area contributed by atoms with Crippen LogP contribution >= 0.6 is 0 Å². The fourth-order valence-electron chi connectivity index (χ4n) is 5.04. The maximum atomic E-state index is 9.65. The second kappa shape index (κ2) is 10.7. The van der Waals surface area contributed by atoms with Gasteiger partial charge in [0, 0.05) is 18.1 Å². The number of imidazole rings is 1. The second-order valence-electron chi connectivity index (χ2n) is 9.53. The molecule has 0 amide bonds. The number of aromatic nitrogens is 3. The minimum Gasteiger partial charge on any atom is -0.508 e. The molecule has 6 nitrogen and oxygen atoms in total.